The molecule has 0 unspecified atom stereocenters. The van der Waals surface area contributed by atoms with E-state index in [1.165, 1.54) is 0 Å². The van der Waals surface area contributed by atoms with Gasteiger partial charge in [0.15, 0.2) is 0 Å². The fraction of sp³-hybridized carbons (Fsp3) is 0.320. The average Bonchev–Trinajstić information content (AvgIpc) is 3.37. The molecule has 1 N–H and O–H groups in total. The number of carbonyl (C=O) groups excluding carboxylic acids is 2. The quantitative estimate of drug-likeness (QED) is 0.601. The van der Waals surface area contributed by atoms with Crippen LogP contribution in [0.1, 0.15) is 28.9 Å². The predicted molar refractivity (Wildman–Crippen MR) is 124 cm³/mol. The summed E-state index contributed by atoms with van der Waals surface area (Å²) in [6.45, 7) is 1.34. The first-order chi connectivity index (χ1) is 16.1. The first-order valence-corrected chi connectivity index (χ1v) is 11.0. The molecular formula is C25H28N4O4. The number of amides is 2. The Morgan fingerprint density at radius 1 is 1.15 bits per heavy atom. The molecule has 1 aliphatic rings. The molecule has 2 amide bonds. The van der Waals surface area contributed by atoms with Crippen molar-refractivity contribution in [2.24, 2.45) is 5.92 Å². The van der Waals surface area contributed by atoms with E-state index in [2.05, 4.69) is 10.3 Å². The van der Waals surface area contributed by atoms with E-state index in [0.29, 0.717) is 36.8 Å². The lowest BCUT2D eigenvalue weighted by Gasteiger charge is -2.32. The van der Waals surface area contributed by atoms with Gasteiger partial charge < -0.3 is 24.3 Å². The third-order valence-corrected chi connectivity index (χ3v) is 5.91. The smallest absolute Gasteiger partial charge is 0.270 e. The highest BCUT2D eigenvalue weighted by molar-refractivity contribution is 5.94. The van der Waals surface area contributed by atoms with Crippen LogP contribution >= 0.6 is 0 Å². The highest BCUT2D eigenvalue weighted by Gasteiger charge is 2.30. The first-order valence-electron chi connectivity index (χ1n) is 11.0. The number of likely N-dealkylation sites (tertiary alicyclic amines) is 1. The second-order valence-electron chi connectivity index (χ2n) is 7.96. The van der Waals surface area contributed by atoms with Crippen molar-refractivity contribution < 1.29 is 19.1 Å². The molecule has 33 heavy (non-hydrogen) atoms. The minimum Gasteiger partial charge on any atom is -0.497 e. The molecule has 8 nitrogen and oxygen atoms in total. The molecule has 4 rings (SSSR count). The largest absolute Gasteiger partial charge is 0.497 e. The average molecular weight is 449 g/mol. The van der Waals surface area contributed by atoms with Crippen LogP contribution in [0.25, 0.3) is 5.69 Å². The van der Waals surface area contributed by atoms with Crippen LogP contribution < -0.4 is 14.8 Å². The Balaban J connectivity index is 1.42. The highest BCUT2D eigenvalue weighted by Crippen LogP contribution is 2.25. The number of ether oxygens (including phenoxy) is 2. The number of pyridine rings is 1. The van der Waals surface area contributed by atoms with Crippen LogP contribution in [0.5, 0.6) is 11.5 Å². The topological polar surface area (TPSA) is 85.7 Å². The molecule has 3 aromatic rings. The van der Waals surface area contributed by atoms with Gasteiger partial charge in [0.25, 0.3) is 5.91 Å². The number of carbonyl (C=O) groups is 2. The second-order valence-corrected chi connectivity index (χ2v) is 7.96. The van der Waals surface area contributed by atoms with Crippen LogP contribution in [-0.2, 0) is 11.3 Å². The lowest BCUT2D eigenvalue weighted by molar-refractivity contribution is -0.126. The monoisotopic (exact) mass is 448 g/mol. The van der Waals surface area contributed by atoms with Gasteiger partial charge in [0.2, 0.25) is 5.91 Å². The number of nitrogens with zero attached hydrogens (tertiary/aromatic N) is 3. The SMILES string of the molecule is COc1ccc(OC)c(CNC(=O)[C@@H]2CCCN(C(=O)c3cccn3-c3cccnc3)C2)c1. The Morgan fingerprint density at radius 2 is 2.03 bits per heavy atom. The zero-order chi connectivity index (χ0) is 23.2. The van der Waals surface area contributed by atoms with Crippen LogP contribution in [0.3, 0.4) is 0 Å². The van der Waals surface area contributed by atoms with E-state index in [1.54, 1.807) is 37.6 Å². The van der Waals surface area contributed by atoms with Crippen molar-refractivity contribution >= 4 is 11.8 Å². The van der Waals surface area contributed by atoms with Gasteiger partial charge in [-0.15, -0.1) is 0 Å². The highest BCUT2D eigenvalue weighted by atomic mass is 16.5. The third kappa shape index (κ3) is 5.00. The molecule has 2 aromatic heterocycles. The van der Waals surface area contributed by atoms with E-state index in [-0.39, 0.29) is 17.7 Å². The zero-order valence-corrected chi connectivity index (χ0v) is 18.9. The summed E-state index contributed by atoms with van der Waals surface area (Å²) < 4.78 is 12.5. The van der Waals surface area contributed by atoms with Crippen molar-refractivity contribution in [1.29, 1.82) is 0 Å². The van der Waals surface area contributed by atoms with Crippen LogP contribution in [0.2, 0.25) is 0 Å². The number of aromatic nitrogens is 2. The van der Waals surface area contributed by atoms with Crippen molar-refractivity contribution in [2.75, 3.05) is 27.3 Å². The Kier molecular flexibility index (Phi) is 6.92. The minimum absolute atomic E-state index is 0.0694. The molecule has 1 aliphatic heterocycles. The maximum Gasteiger partial charge on any atom is 0.270 e. The summed E-state index contributed by atoms with van der Waals surface area (Å²) in [6, 6.07) is 12.9. The van der Waals surface area contributed by atoms with Crippen LogP contribution in [0, 0.1) is 5.92 Å². The molecule has 0 bridgehead atoms. The standard InChI is InChI=1S/C25H28N4O4/c1-32-21-9-10-23(33-2)19(14-21)15-27-24(30)18-6-4-12-28(17-18)25(31)22-8-5-13-29(22)20-7-3-11-26-16-20/h3,5,7-11,13-14,16,18H,4,6,12,15,17H2,1-2H3,(H,27,30)/t18-/m1/s1. The molecule has 172 valence electrons. The van der Waals surface area contributed by atoms with E-state index in [9.17, 15) is 9.59 Å². The summed E-state index contributed by atoms with van der Waals surface area (Å²) in [7, 11) is 3.20. The first kappa shape index (κ1) is 22.4. The number of methoxy groups -OCH3 is 2. The van der Waals surface area contributed by atoms with Gasteiger partial charge in [-0.2, -0.15) is 0 Å². The van der Waals surface area contributed by atoms with Crippen molar-refractivity contribution in [3.05, 3.63) is 72.3 Å². The second kappa shape index (κ2) is 10.2. The molecule has 0 radical (unpaired) electrons. The van der Waals surface area contributed by atoms with Crippen LogP contribution in [0.15, 0.2) is 61.1 Å². The van der Waals surface area contributed by atoms with Crippen molar-refractivity contribution in [3.63, 3.8) is 0 Å². The maximum absolute atomic E-state index is 13.3. The fourth-order valence-electron chi connectivity index (χ4n) is 4.16. The molecule has 8 heteroatoms. The summed E-state index contributed by atoms with van der Waals surface area (Å²) >= 11 is 0. The maximum atomic E-state index is 13.3. The Bertz CT molecular complexity index is 1110. The van der Waals surface area contributed by atoms with E-state index in [0.717, 1.165) is 24.1 Å². The number of hydrogen-bond acceptors (Lipinski definition) is 5. The third-order valence-electron chi connectivity index (χ3n) is 5.91. The van der Waals surface area contributed by atoms with E-state index >= 15 is 0 Å². The van der Waals surface area contributed by atoms with Gasteiger partial charge in [-0.3, -0.25) is 14.6 Å². The zero-order valence-electron chi connectivity index (χ0n) is 18.9. The fourth-order valence-corrected chi connectivity index (χ4v) is 4.16. The molecule has 1 aromatic carbocycles. The van der Waals surface area contributed by atoms with Crippen LogP contribution in [0.4, 0.5) is 0 Å². The summed E-state index contributed by atoms with van der Waals surface area (Å²) in [6.07, 6.45) is 6.79. The van der Waals surface area contributed by atoms with E-state index < -0.39 is 0 Å². The molecule has 3 heterocycles. The molecule has 0 aliphatic carbocycles. The molecule has 1 atom stereocenters. The summed E-state index contributed by atoms with van der Waals surface area (Å²) in [5.41, 5.74) is 2.22. The molecule has 0 spiro atoms. The van der Waals surface area contributed by atoms with E-state index in [4.69, 9.17) is 9.47 Å². The number of hydrogen-bond donors (Lipinski definition) is 1. The number of benzene rings is 1. The number of piperidine rings is 1. The van der Waals surface area contributed by atoms with Crippen molar-refractivity contribution in [1.82, 2.24) is 19.8 Å². The van der Waals surface area contributed by atoms with E-state index in [1.807, 2.05) is 47.2 Å². The van der Waals surface area contributed by atoms with Gasteiger partial charge in [0, 0.05) is 37.6 Å². The van der Waals surface area contributed by atoms with Crippen molar-refractivity contribution in [2.45, 2.75) is 19.4 Å². The van der Waals surface area contributed by atoms with Gasteiger partial charge in [-0.25, -0.2) is 0 Å². The van der Waals surface area contributed by atoms with Gasteiger partial charge in [-0.05, 0) is 55.3 Å². The van der Waals surface area contributed by atoms with Crippen molar-refractivity contribution in [3.8, 4) is 17.2 Å². The molecule has 1 fully saturated rings. The summed E-state index contributed by atoms with van der Waals surface area (Å²) in [5, 5.41) is 3.00. The molecule has 0 saturated carbocycles. The lowest BCUT2D eigenvalue weighted by atomic mass is 9.96. The summed E-state index contributed by atoms with van der Waals surface area (Å²) in [4.78, 5) is 32.1. The molecule has 1 saturated heterocycles. The predicted octanol–water partition coefficient (Wildman–Crippen LogP) is 3.06. The van der Waals surface area contributed by atoms with Gasteiger partial charge in [0.05, 0.1) is 32.0 Å². The normalized spacial score (nSPS) is 15.7. The number of nitrogens with one attached hydrogen (secondary N) is 1. The number of rotatable bonds is 7. The Labute approximate surface area is 193 Å². The molecular weight excluding hydrogens is 420 g/mol. The summed E-state index contributed by atoms with van der Waals surface area (Å²) in [5.74, 6) is 0.968. The lowest BCUT2D eigenvalue weighted by Crippen LogP contribution is -2.45. The van der Waals surface area contributed by atoms with Gasteiger partial charge >= 0.3 is 0 Å². The Morgan fingerprint density at radius 3 is 2.79 bits per heavy atom. The minimum atomic E-state index is -0.263. The van der Waals surface area contributed by atoms with Gasteiger partial charge in [-0.1, -0.05) is 0 Å². The van der Waals surface area contributed by atoms with Crippen LogP contribution in [-0.4, -0.2) is 53.6 Å². The Hall–Kier alpha value is -3.81. The van der Waals surface area contributed by atoms with Gasteiger partial charge in [0.1, 0.15) is 17.2 Å².